The Bertz CT molecular complexity index is 853. The highest BCUT2D eigenvalue weighted by molar-refractivity contribution is 5.87. The van der Waals surface area contributed by atoms with E-state index in [1.54, 1.807) is 6.07 Å². The topological polar surface area (TPSA) is 35.5 Å². The number of carbonyl (C=O) groups is 1. The van der Waals surface area contributed by atoms with Gasteiger partial charge in [-0.25, -0.2) is 4.79 Å². The lowest BCUT2D eigenvalue weighted by Gasteiger charge is -2.08. The van der Waals surface area contributed by atoms with Gasteiger partial charge in [0.25, 0.3) is 0 Å². The van der Waals surface area contributed by atoms with E-state index in [9.17, 15) is 4.79 Å². The molecule has 0 aliphatic rings. The summed E-state index contributed by atoms with van der Waals surface area (Å²) < 4.78 is 11.0. The minimum absolute atomic E-state index is 0.463. The van der Waals surface area contributed by atoms with Crippen LogP contribution in [0.2, 0.25) is 0 Å². The summed E-state index contributed by atoms with van der Waals surface area (Å²) in [5, 5.41) is 2.02. The number of esters is 1. The standard InChI is InChI=1S/C21H18O3/c1-2-21(22)24-20-11-9-17-14-19(10-8-18(17)15-20)23-13-12-16-6-4-3-5-7-16/h2-11,14-15H,1,12-13H2. The first-order chi connectivity index (χ1) is 11.7. The van der Waals surface area contributed by atoms with Crippen molar-refractivity contribution in [1.29, 1.82) is 0 Å². The van der Waals surface area contributed by atoms with Crippen molar-refractivity contribution in [2.75, 3.05) is 6.61 Å². The number of carbonyl (C=O) groups excluding carboxylic acids is 1. The lowest BCUT2D eigenvalue weighted by Crippen LogP contribution is -2.03. The average Bonchev–Trinajstić information content (AvgIpc) is 2.62. The zero-order valence-corrected chi connectivity index (χ0v) is 13.3. The fraction of sp³-hybridized carbons (Fsp3) is 0.0952. The molecule has 0 fully saturated rings. The summed E-state index contributed by atoms with van der Waals surface area (Å²) in [5.41, 5.74) is 1.26. The molecule has 120 valence electrons. The Balaban J connectivity index is 1.66. The Morgan fingerprint density at radius 3 is 2.29 bits per heavy atom. The van der Waals surface area contributed by atoms with Crippen LogP contribution in [0.4, 0.5) is 0 Å². The smallest absolute Gasteiger partial charge is 0.335 e. The predicted molar refractivity (Wildman–Crippen MR) is 95.4 cm³/mol. The Hall–Kier alpha value is -3.07. The Kier molecular flexibility index (Phi) is 4.92. The summed E-state index contributed by atoms with van der Waals surface area (Å²) in [6, 6.07) is 21.6. The summed E-state index contributed by atoms with van der Waals surface area (Å²) in [5.74, 6) is 0.870. The van der Waals surface area contributed by atoms with E-state index in [0.717, 1.165) is 29.0 Å². The summed E-state index contributed by atoms with van der Waals surface area (Å²) in [7, 11) is 0. The van der Waals surface area contributed by atoms with Gasteiger partial charge in [-0.2, -0.15) is 0 Å². The van der Waals surface area contributed by atoms with Gasteiger partial charge in [0.05, 0.1) is 6.61 Å². The van der Waals surface area contributed by atoms with Crippen LogP contribution in [-0.4, -0.2) is 12.6 Å². The van der Waals surface area contributed by atoms with Gasteiger partial charge in [-0.15, -0.1) is 0 Å². The second-order valence-electron chi connectivity index (χ2n) is 5.38. The summed E-state index contributed by atoms with van der Waals surface area (Å²) in [6.07, 6.45) is 2.02. The van der Waals surface area contributed by atoms with Gasteiger partial charge in [-0.3, -0.25) is 0 Å². The van der Waals surface area contributed by atoms with Gasteiger partial charge < -0.3 is 9.47 Å². The normalized spacial score (nSPS) is 10.3. The van der Waals surface area contributed by atoms with Crippen molar-refractivity contribution in [1.82, 2.24) is 0 Å². The second-order valence-corrected chi connectivity index (χ2v) is 5.38. The molecule has 3 aromatic carbocycles. The average molecular weight is 318 g/mol. The highest BCUT2D eigenvalue weighted by atomic mass is 16.5. The number of hydrogen-bond donors (Lipinski definition) is 0. The van der Waals surface area contributed by atoms with Gasteiger partial charge in [0.15, 0.2) is 0 Å². The van der Waals surface area contributed by atoms with E-state index in [-0.39, 0.29) is 0 Å². The number of hydrogen-bond acceptors (Lipinski definition) is 3. The summed E-state index contributed by atoms with van der Waals surface area (Å²) in [6.45, 7) is 4.02. The van der Waals surface area contributed by atoms with Crippen molar-refractivity contribution < 1.29 is 14.3 Å². The molecular weight excluding hydrogens is 300 g/mol. The van der Waals surface area contributed by atoms with Crippen LogP contribution in [0.3, 0.4) is 0 Å². The fourth-order valence-electron chi connectivity index (χ4n) is 2.44. The van der Waals surface area contributed by atoms with Crippen molar-refractivity contribution >= 4 is 16.7 Å². The molecule has 3 aromatic rings. The Morgan fingerprint density at radius 1 is 0.917 bits per heavy atom. The third kappa shape index (κ3) is 4.02. The van der Waals surface area contributed by atoms with Crippen LogP contribution in [-0.2, 0) is 11.2 Å². The SMILES string of the molecule is C=CC(=O)Oc1ccc2cc(OCCc3ccccc3)ccc2c1. The van der Waals surface area contributed by atoms with E-state index in [2.05, 4.69) is 18.7 Å². The van der Waals surface area contributed by atoms with E-state index < -0.39 is 5.97 Å². The zero-order valence-electron chi connectivity index (χ0n) is 13.3. The Labute approximate surface area is 141 Å². The van der Waals surface area contributed by atoms with Crippen LogP contribution in [0.25, 0.3) is 10.8 Å². The zero-order chi connectivity index (χ0) is 16.8. The highest BCUT2D eigenvalue weighted by Gasteiger charge is 2.03. The first kappa shape index (κ1) is 15.8. The molecule has 0 aliphatic carbocycles. The van der Waals surface area contributed by atoms with Crippen molar-refractivity contribution in [3.05, 3.63) is 84.9 Å². The molecule has 0 N–H and O–H groups in total. The van der Waals surface area contributed by atoms with Gasteiger partial charge in [-0.05, 0) is 40.6 Å². The van der Waals surface area contributed by atoms with Crippen molar-refractivity contribution in [3.63, 3.8) is 0 Å². The summed E-state index contributed by atoms with van der Waals surface area (Å²) in [4.78, 5) is 11.2. The fourth-order valence-corrected chi connectivity index (χ4v) is 2.44. The maximum atomic E-state index is 11.2. The Morgan fingerprint density at radius 2 is 1.58 bits per heavy atom. The molecular formula is C21H18O3. The van der Waals surface area contributed by atoms with Gasteiger partial charge in [0.1, 0.15) is 11.5 Å². The highest BCUT2D eigenvalue weighted by Crippen LogP contribution is 2.25. The molecule has 0 spiro atoms. The molecule has 24 heavy (non-hydrogen) atoms. The van der Waals surface area contributed by atoms with Gasteiger partial charge in [-0.1, -0.05) is 49.0 Å². The molecule has 0 saturated carbocycles. The first-order valence-corrected chi connectivity index (χ1v) is 7.79. The predicted octanol–water partition coefficient (Wildman–Crippen LogP) is 4.55. The monoisotopic (exact) mass is 318 g/mol. The molecule has 0 atom stereocenters. The number of rotatable bonds is 6. The van der Waals surface area contributed by atoms with Crippen molar-refractivity contribution in [2.24, 2.45) is 0 Å². The van der Waals surface area contributed by atoms with Crippen LogP contribution in [0.15, 0.2) is 79.4 Å². The molecule has 0 unspecified atom stereocenters. The van der Waals surface area contributed by atoms with E-state index in [1.165, 1.54) is 5.56 Å². The molecule has 3 heteroatoms. The van der Waals surface area contributed by atoms with Crippen molar-refractivity contribution in [3.8, 4) is 11.5 Å². The third-order valence-electron chi connectivity index (χ3n) is 3.67. The molecule has 0 bridgehead atoms. The number of benzene rings is 3. The van der Waals surface area contributed by atoms with E-state index in [0.29, 0.717) is 12.4 Å². The van der Waals surface area contributed by atoms with Gasteiger partial charge in [0.2, 0.25) is 0 Å². The largest absolute Gasteiger partial charge is 0.493 e. The molecule has 0 amide bonds. The van der Waals surface area contributed by atoms with Crippen molar-refractivity contribution in [2.45, 2.75) is 6.42 Å². The van der Waals surface area contributed by atoms with Crippen LogP contribution in [0, 0.1) is 0 Å². The van der Waals surface area contributed by atoms with Crippen LogP contribution in [0.5, 0.6) is 11.5 Å². The lowest BCUT2D eigenvalue weighted by atomic mass is 10.1. The maximum absolute atomic E-state index is 11.2. The molecule has 3 rings (SSSR count). The minimum atomic E-state index is -0.463. The van der Waals surface area contributed by atoms with E-state index >= 15 is 0 Å². The van der Waals surface area contributed by atoms with Gasteiger partial charge in [0, 0.05) is 12.5 Å². The summed E-state index contributed by atoms with van der Waals surface area (Å²) >= 11 is 0. The van der Waals surface area contributed by atoms with Crippen LogP contribution in [0.1, 0.15) is 5.56 Å². The van der Waals surface area contributed by atoms with Gasteiger partial charge >= 0.3 is 5.97 Å². The maximum Gasteiger partial charge on any atom is 0.335 e. The first-order valence-electron chi connectivity index (χ1n) is 7.79. The molecule has 0 aromatic heterocycles. The molecule has 0 radical (unpaired) electrons. The van der Waals surface area contributed by atoms with Crippen LogP contribution >= 0.6 is 0 Å². The van der Waals surface area contributed by atoms with Crippen LogP contribution < -0.4 is 9.47 Å². The third-order valence-corrected chi connectivity index (χ3v) is 3.67. The molecule has 0 saturated heterocycles. The van der Waals surface area contributed by atoms with E-state index in [4.69, 9.17) is 9.47 Å². The van der Waals surface area contributed by atoms with E-state index in [1.807, 2.05) is 48.5 Å². The lowest BCUT2D eigenvalue weighted by molar-refractivity contribution is -0.128. The number of fused-ring (bicyclic) bond motifs is 1. The molecule has 0 aliphatic heterocycles. The number of ether oxygens (including phenoxy) is 2. The molecule has 3 nitrogen and oxygen atoms in total. The molecule has 0 heterocycles. The quantitative estimate of drug-likeness (QED) is 0.380. The second kappa shape index (κ2) is 7.47. The minimum Gasteiger partial charge on any atom is -0.493 e.